The largest absolute Gasteiger partial charge is 0.461 e. The fourth-order valence-electron chi connectivity index (χ4n) is 1.12. The number of aryl methyl sites for hydroxylation is 1. The van der Waals surface area contributed by atoms with Crippen LogP contribution in [-0.2, 0) is 9.53 Å². The van der Waals surface area contributed by atoms with E-state index in [1.165, 1.54) is 11.3 Å². The van der Waals surface area contributed by atoms with Crippen molar-refractivity contribution in [2.45, 2.75) is 13.8 Å². The summed E-state index contributed by atoms with van der Waals surface area (Å²) in [5.41, 5.74) is 0.424. The molecule has 86 valence electrons. The van der Waals surface area contributed by atoms with Crippen molar-refractivity contribution >= 4 is 28.8 Å². The van der Waals surface area contributed by atoms with Gasteiger partial charge in [-0.2, -0.15) is 5.10 Å². The van der Waals surface area contributed by atoms with Gasteiger partial charge in [0.2, 0.25) is 11.5 Å². The number of carbonyl (C=O) groups is 2. The minimum Gasteiger partial charge on any atom is -0.461 e. The van der Waals surface area contributed by atoms with Gasteiger partial charge in [-0.25, -0.2) is 4.79 Å². The molecule has 0 aliphatic heterocycles. The van der Waals surface area contributed by atoms with Crippen molar-refractivity contribution in [2.75, 3.05) is 6.61 Å². The number of nitrogens with two attached hydrogens (primary N) is 1. The molecule has 0 atom stereocenters. The first kappa shape index (κ1) is 12.4. The molecule has 0 aliphatic carbocycles. The summed E-state index contributed by atoms with van der Waals surface area (Å²) in [4.78, 5) is 23.7. The number of hydrogen-bond donors (Lipinski definition) is 1. The van der Waals surface area contributed by atoms with Crippen LogP contribution in [0.5, 0.6) is 0 Å². The van der Waals surface area contributed by atoms with Gasteiger partial charge in [0.1, 0.15) is 0 Å². The average molecular weight is 240 g/mol. The van der Waals surface area contributed by atoms with Gasteiger partial charge in [0.05, 0.1) is 11.5 Å². The summed E-state index contributed by atoms with van der Waals surface area (Å²) in [5, 5.41) is 4.97. The average Bonchev–Trinajstić information content (AvgIpc) is 2.65. The molecule has 0 fully saturated rings. The zero-order valence-corrected chi connectivity index (χ0v) is 9.84. The van der Waals surface area contributed by atoms with Crippen molar-refractivity contribution in [3.63, 3.8) is 0 Å². The van der Waals surface area contributed by atoms with E-state index in [2.05, 4.69) is 9.84 Å². The van der Waals surface area contributed by atoms with Crippen LogP contribution in [0.4, 0.5) is 0 Å². The third-order valence-electron chi connectivity index (χ3n) is 1.88. The molecule has 0 spiro atoms. The Balaban J connectivity index is 2.96. The summed E-state index contributed by atoms with van der Waals surface area (Å²) in [6.07, 6.45) is 0. The Bertz CT molecular complexity index is 437. The van der Waals surface area contributed by atoms with Crippen LogP contribution in [0.3, 0.4) is 0 Å². The second-order valence-electron chi connectivity index (χ2n) is 2.96. The second kappa shape index (κ2) is 5.41. The molecule has 1 heterocycles. The lowest BCUT2D eigenvalue weighted by Crippen LogP contribution is -2.27. The maximum atomic E-state index is 11.9. The Morgan fingerprint density at radius 2 is 2.25 bits per heavy atom. The van der Waals surface area contributed by atoms with Crippen LogP contribution >= 0.6 is 11.3 Å². The SMILES string of the molecule is CCOC(=O)/C(=N\N)C(=O)c1sccc1C. The number of ketones is 1. The van der Waals surface area contributed by atoms with Crippen molar-refractivity contribution in [3.8, 4) is 0 Å². The number of thiophene rings is 1. The number of rotatable bonds is 4. The van der Waals surface area contributed by atoms with E-state index in [9.17, 15) is 9.59 Å². The summed E-state index contributed by atoms with van der Waals surface area (Å²) in [6.45, 7) is 3.60. The number of esters is 1. The quantitative estimate of drug-likeness (QED) is 0.213. The second-order valence-corrected chi connectivity index (χ2v) is 3.88. The highest BCUT2D eigenvalue weighted by molar-refractivity contribution is 7.13. The molecule has 0 radical (unpaired) electrons. The zero-order chi connectivity index (χ0) is 12.1. The van der Waals surface area contributed by atoms with Crippen LogP contribution in [0, 0.1) is 6.92 Å². The van der Waals surface area contributed by atoms with E-state index in [1.54, 1.807) is 25.3 Å². The van der Waals surface area contributed by atoms with Gasteiger partial charge in [-0.1, -0.05) is 0 Å². The lowest BCUT2D eigenvalue weighted by atomic mass is 10.1. The molecule has 16 heavy (non-hydrogen) atoms. The molecular weight excluding hydrogens is 228 g/mol. The van der Waals surface area contributed by atoms with Crippen LogP contribution in [0.1, 0.15) is 22.2 Å². The summed E-state index contributed by atoms with van der Waals surface area (Å²) >= 11 is 1.24. The zero-order valence-electron chi connectivity index (χ0n) is 9.02. The molecule has 0 aromatic carbocycles. The Hall–Kier alpha value is -1.69. The van der Waals surface area contributed by atoms with Gasteiger partial charge < -0.3 is 10.6 Å². The van der Waals surface area contributed by atoms with E-state index < -0.39 is 11.8 Å². The summed E-state index contributed by atoms with van der Waals surface area (Å²) in [5.74, 6) is 3.75. The fraction of sp³-hybridized carbons (Fsp3) is 0.300. The topological polar surface area (TPSA) is 81.8 Å². The minimum atomic E-state index is -0.789. The van der Waals surface area contributed by atoms with Gasteiger partial charge in [0.15, 0.2) is 0 Å². The maximum absolute atomic E-state index is 11.9. The van der Waals surface area contributed by atoms with E-state index in [-0.39, 0.29) is 12.3 Å². The Morgan fingerprint density at radius 3 is 2.69 bits per heavy atom. The molecule has 0 saturated carbocycles. The van der Waals surface area contributed by atoms with Crippen molar-refractivity contribution in [2.24, 2.45) is 10.9 Å². The summed E-state index contributed by atoms with van der Waals surface area (Å²) in [7, 11) is 0. The molecule has 0 saturated heterocycles. The number of carbonyl (C=O) groups excluding carboxylic acids is 2. The maximum Gasteiger partial charge on any atom is 0.362 e. The normalized spacial score (nSPS) is 11.2. The highest BCUT2D eigenvalue weighted by Gasteiger charge is 2.25. The molecule has 0 amide bonds. The lowest BCUT2D eigenvalue weighted by molar-refractivity contribution is -0.134. The number of nitrogens with zero attached hydrogens (tertiary/aromatic N) is 1. The van der Waals surface area contributed by atoms with Crippen molar-refractivity contribution in [1.82, 2.24) is 0 Å². The number of hydrazone groups is 1. The first-order valence-corrected chi connectivity index (χ1v) is 5.53. The highest BCUT2D eigenvalue weighted by Crippen LogP contribution is 2.16. The molecule has 5 nitrogen and oxygen atoms in total. The summed E-state index contributed by atoms with van der Waals surface area (Å²) < 4.78 is 4.69. The lowest BCUT2D eigenvalue weighted by Gasteiger charge is -2.03. The number of hydrogen-bond acceptors (Lipinski definition) is 6. The molecule has 0 bridgehead atoms. The van der Waals surface area contributed by atoms with Gasteiger partial charge in [0, 0.05) is 0 Å². The van der Waals surface area contributed by atoms with Crippen LogP contribution in [0.25, 0.3) is 0 Å². The van der Waals surface area contributed by atoms with Gasteiger partial charge >= 0.3 is 5.97 Å². The molecule has 1 rings (SSSR count). The van der Waals surface area contributed by atoms with Crippen LogP contribution in [0.2, 0.25) is 0 Å². The summed E-state index contributed by atoms with van der Waals surface area (Å²) in [6, 6.07) is 1.79. The van der Waals surface area contributed by atoms with Gasteiger partial charge in [-0.15, -0.1) is 11.3 Å². The van der Waals surface area contributed by atoms with E-state index in [4.69, 9.17) is 5.84 Å². The van der Waals surface area contributed by atoms with Gasteiger partial charge in [-0.3, -0.25) is 4.79 Å². The smallest absolute Gasteiger partial charge is 0.362 e. The fourth-order valence-corrected chi connectivity index (χ4v) is 1.98. The monoisotopic (exact) mass is 240 g/mol. The predicted molar refractivity (Wildman–Crippen MR) is 61.6 cm³/mol. The third-order valence-corrected chi connectivity index (χ3v) is 2.90. The minimum absolute atomic E-state index is 0.175. The molecule has 1 aromatic heterocycles. The Labute approximate surface area is 96.9 Å². The van der Waals surface area contributed by atoms with E-state index in [0.717, 1.165) is 5.56 Å². The Morgan fingerprint density at radius 1 is 1.56 bits per heavy atom. The van der Waals surface area contributed by atoms with Crippen molar-refractivity contribution < 1.29 is 14.3 Å². The highest BCUT2D eigenvalue weighted by atomic mass is 32.1. The molecule has 6 heteroatoms. The molecule has 0 unspecified atom stereocenters. The van der Waals surface area contributed by atoms with E-state index in [0.29, 0.717) is 4.88 Å². The number of Topliss-reactive ketones (excluding diaryl/α,β-unsaturated/α-hetero) is 1. The molecule has 0 aliphatic rings. The molecule has 2 N–H and O–H groups in total. The van der Waals surface area contributed by atoms with Crippen LogP contribution in [-0.4, -0.2) is 24.1 Å². The number of ether oxygens (including phenoxy) is 1. The Kier molecular flexibility index (Phi) is 4.19. The van der Waals surface area contributed by atoms with E-state index >= 15 is 0 Å². The van der Waals surface area contributed by atoms with Gasteiger partial charge in [-0.05, 0) is 30.9 Å². The molecular formula is C10H12N2O3S. The first-order chi connectivity index (χ1) is 7.61. The van der Waals surface area contributed by atoms with Crippen molar-refractivity contribution in [1.29, 1.82) is 0 Å². The van der Waals surface area contributed by atoms with Crippen LogP contribution < -0.4 is 5.84 Å². The predicted octanol–water partition coefficient (Wildman–Crippen LogP) is 1.12. The standard InChI is InChI=1S/C10H12N2O3S/c1-3-15-10(14)7(12-11)8(13)9-6(2)4-5-16-9/h4-5H,3,11H2,1-2H3/b12-7-. The van der Waals surface area contributed by atoms with Crippen LogP contribution in [0.15, 0.2) is 16.5 Å². The van der Waals surface area contributed by atoms with Gasteiger partial charge in [0.25, 0.3) is 0 Å². The third kappa shape index (κ3) is 2.46. The van der Waals surface area contributed by atoms with Crippen molar-refractivity contribution in [3.05, 3.63) is 21.9 Å². The molecule has 1 aromatic rings. The first-order valence-electron chi connectivity index (χ1n) is 4.65. The van der Waals surface area contributed by atoms with E-state index in [1.807, 2.05) is 0 Å².